The lowest BCUT2D eigenvalue weighted by Gasteiger charge is -2.25. The lowest BCUT2D eigenvalue weighted by atomic mass is 9.95. The number of methoxy groups -OCH3 is 1. The van der Waals surface area contributed by atoms with E-state index in [0.717, 1.165) is 0 Å². The number of aliphatic hydroxyl groups excluding tert-OH is 1. The number of carbonyl (C=O) groups is 3. The molecule has 3 aromatic carbocycles. The van der Waals surface area contributed by atoms with Gasteiger partial charge in [-0.15, -0.1) is 0 Å². The SMILES string of the molecule is CCOC(=O)c1ccc(N2C(=O)C(=O)/C(=C(\O)c3ccc([N+](=O)[O-])cc3)[C@H]2c2ccc(OC)cc2)cc1. The third-order valence-electron chi connectivity index (χ3n) is 5.88. The van der Waals surface area contributed by atoms with Crippen molar-refractivity contribution >= 4 is 34.8 Å². The highest BCUT2D eigenvalue weighted by atomic mass is 16.6. The third-order valence-corrected chi connectivity index (χ3v) is 5.88. The summed E-state index contributed by atoms with van der Waals surface area (Å²) in [5.41, 5.74) is 0.870. The molecule has 1 heterocycles. The van der Waals surface area contributed by atoms with Crippen LogP contribution in [0.5, 0.6) is 5.75 Å². The van der Waals surface area contributed by atoms with Crippen molar-refractivity contribution in [1.82, 2.24) is 0 Å². The first-order valence-corrected chi connectivity index (χ1v) is 11.2. The Labute approximate surface area is 211 Å². The number of benzene rings is 3. The van der Waals surface area contributed by atoms with Crippen LogP contribution in [0.1, 0.15) is 34.5 Å². The van der Waals surface area contributed by atoms with Crippen molar-refractivity contribution in [2.24, 2.45) is 0 Å². The van der Waals surface area contributed by atoms with Crippen molar-refractivity contribution in [2.45, 2.75) is 13.0 Å². The minimum Gasteiger partial charge on any atom is -0.507 e. The number of ether oxygens (including phenoxy) is 2. The smallest absolute Gasteiger partial charge is 0.338 e. The Bertz CT molecular complexity index is 1390. The highest BCUT2D eigenvalue weighted by molar-refractivity contribution is 6.51. The molecule has 1 saturated heterocycles. The Kier molecular flexibility index (Phi) is 7.01. The molecule has 1 fully saturated rings. The molecule has 4 rings (SSSR count). The summed E-state index contributed by atoms with van der Waals surface area (Å²) in [6.07, 6.45) is 0. The predicted molar refractivity (Wildman–Crippen MR) is 133 cm³/mol. The zero-order valence-electron chi connectivity index (χ0n) is 19.9. The van der Waals surface area contributed by atoms with Gasteiger partial charge in [-0.3, -0.25) is 24.6 Å². The summed E-state index contributed by atoms with van der Waals surface area (Å²) in [4.78, 5) is 50.2. The van der Waals surface area contributed by atoms with Gasteiger partial charge in [0.2, 0.25) is 0 Å². The maximum atomic E-state index is 13.2. The van der Waals surface area contributed by atoms with E-state index in [2.05, 4.69) is 0 Å². The van der Waals surface area contributed by atoms with Crippen molar-refractivity contribution in [3.05, 3.63) is 105 Å². The average molecular weight is 502 g/mol. The number of hydrogen-bond acceptors (Lipinski definition) is 8. The van der Waals surface area contributed by atoms with Crippen molar-refractivity contribution in [2.75, 3.05) is 18.6 Å². The highest BCUT2D eigenvalue weighted by Gasteiger charge is 2.47. The lowest BCUT2D eigenvalue weighted by Crippen LogP contribution is -2.29. The van der Waals surface area contributed by atoms with Gasteiger partial charge in [0.25, 0.3) is 17.4 Å². The number of hydrogen-bond donors (Lipinski definition) is 1. The fourth-order valence-corrected chi connectivity index (χ4v) is 4.07. The first-order valence-electron chi connectivity index (χ1n) is 11.2. The van der Waals surface area contributed by atoms with Gasteiger partial charge in [0.15, 0.2) is 0 Å². The molecule has 10 nitrogen and oxygen atoms in total. The number of carbonyl (C=O) groups excluding carboxylic acids is 3. The van der Waals surface area contributed by atoms with Gasteiger partial charge >= 0.3 is 5.97 Å². The summed E-state index contributed by atoms with van der Waals surface area (Å²) in [6, 6.07) is 16.6. The van der Waals surface area contributed by atoms with E-state index in [1.807, 2.05) is 0 Å². The van der Waals surface area contributed by atoms with E-state index in [9.17, 15) is 29.6 Å². The molecule has 1 aliphatic heterocycles. The molecule has 0 spiro atoms. The molecule has 0 saturated carbocycles. The van der Waals surface area contributed by atoms with Crippen LogP contribution in [-0.4, -0.2) is 41.4 Å². The quantitative estimate of drug-likeness (QED) is 0.125. The van der Waals surface area contributed by atoms with Gasteiger partial charge in [0.05, 0.1) is 35.8 Å². The van der Waals surface area contributed by atoms with Crippen LogP contribution in [0.4, 0.5) is 11.4 Å². The molecule has 0 radical (unpaired) electrons. The first kappa shape index (κ1) is 25.1. The van der Waals surface area contributed by atoms with Gasteiger partial charge in [-0.2, -0.15) is 0 Å². The number of rotatable bonds is 7. The van der Waals surface area contributed by atoms with E-state index in [0.29, 0.717) is 17.0 Å². The van der Waals surface area contributed by atoms with Crippen molar-refractivity contribution in [1.29, 1.82) is 0 Å². The molecule has 1 aliphatic rings. The van der Waals surface area contributed by atoms with Crippen molar-refractivity contribution in [3.63, 3.8) is 0 Å². The Morgan fingerprint density at radius 3 is 2.11 bits per heavy atom. The number of nitrogens with zero attached hydrogens (tertiary/aromatic N) is 2. The number of ketones is 1. The molecule has 1 atom stereocenters. The van der Waals surface area contributed by atoms with Crippen LogP contribution in [0.2, 0.25) is 0 Å². The highest BCUT2D eigenvalue weighted by Crippen LogP contribution is 2.42. The predicted octanol–water partition coefficient (Wildman–Crippen LogP) is 4.41. The molecular weight excluding hydrogens is 480 g/mol. The Balaban J connectivity index is 1.85. The van der Waals surface area contributed by atoms with Gasteiger partial charge in [-0.25, -0.2) is 4.79 Å². The number of aliphatic hydroxyl groups is 1. The molecule has 3 aromatic rings. The van der Waals surface area contributed by atoms with E-state index in [1.165, 1.54) is 60.5 Å². The van der Waals surface area contributed by atoms with Crippen LogP contribution >= 0.6 is 0 Å². The summed E-state index contributed by atoms with van der Waals surface area (Å²) in [5, 5.41) is 22.1. The molecule has 1 amide bonds. The number of non-ortho nitro benzene ring substituents is 1. The standard InChI is InChI=1S/C27H22N2O8/c1-3-37-27(33)18-6-10-19(11-7-18)28-23(16-8-14-21(36-2)15-9-16)22(25(31)26(28)32)24(30)17-4-12-20(13-5-17)29(34)35/h4-15,23,30H,3H2,1-2H3/b24-22-/t23-/m1/s1. The number of Topliss-reactive ketones (excluding diaryl/α,β-unsaturated/α-hetero) is 1. The van der Waals surface area contributed by atoms with Crippen molar-refractivity contribution in [3.8, 4) is 5.75 Å². The molecular formula is C27H22N2O8. The van der Waals surface area contributed by atoms with Gasteiger partial charge in [0, 0.05) is 23.4 Å². The topological polar surface area (TPSA) is 136 Å². The van der Waals surface area contributed by atoms with E-state index in [1.54, 1.807) is 31.2 Å². The molecule has 1 N–H and O–H groups in total. The number of anilines is 1. The average Bonchev–Trinajstić information content (AvgIpc) is 3.18. The number of esters is 1. The Hall–Kier alpha value is -4.99. The molecule has 37 heavy (non-hydrogen) atoms. The fraction of sp³-hybridized carbons (Fsp3) is 0.148. The number of amides is 1. The molecule has 10 heteroatoms. The van der Waals surface area contributed by atoms with Crippen LogP contribution in [-0.2, 0) is 14.3 Å². The number of nitro benzene ring substituents is 1. The maximum Gasteiger partial charge on any atom is 0.338 e. The van der Waals surface area contributed by atoms with Crippen LogP contribution in [0.3, 0.4) is 0 Å². The van der Waals surface area contributed by atoms with E-state index < -0.39 is 34.4 Å². The zero-order chi connectivity index (χ0) is 26.7. The second-order valence-electron chi connectivity index (χ2n) is 8.01. The Morgan fingerprint density at radius 1 is 0.973 bits per heavy atom. The fourth-order valence-electron chi connectivity index (χ4n) is 4.07. The monoisotopic (exact) mass is 502 g/mol. The zero-order valence-corrected chi connectivity index (χ0v) is 19.9. The summed E-state index contributed by atoms with van der Waals surface area (Å²) in [7, 11) is 1.50. The van der Waals surface area contributed by atoms with Crippen molar-refractivity contribution < 1.29 is 33.9 Å². The molecule has 0 aliphatic carbocycles. The summed E-state index contributed by atoms with van der Waals surface area (Å²) < 4.78 is 10.2. The van der Waals surface area contributed by atoms with E-state index in [4.69, 9.17) is 9.47 Å². The summed E-state index contributed by atoms with van der Waals surface area (Å²) in [5.74, 6) is -2.25. The largest absolute Gasteiger partial charge is 0.507 e. The maximum absolute atomic E-state index is 13.2. The normalized spacial score (nSPS) is 16.5. The summed E-state index contributed by atoms with van der Waals surface area (Å²) in [6.45, 7) is 1.89. The minimum absolute atomic E-state index is 0.139. The lowest BCUT2D eigenvalue weighted by molar-refractivity contribution is -0.384. The molecule has 0 aromatic heterocycles. The van der Waals surface area contributed by atoms with Gasteiger partial charge in [-0.05, 0) is 61.0 Å². The van der Waals surface area contributed by atoms with Gasteiger partial charge in [-0.1, -0.05) is 12.1 Å². The molecule has 0 unspecified atom stereocenters. The van der Waals surface area contributed by atoms with E-state index >= 15 is 0 Å². The molecule has 188 valence electrons. The second-order valence-corrected chi connectivity index (χ2v) is 8.01. The third kappa shape index (κ3) is 4.76. The van der Waals surface area contributed by atoms with Crippen LogP contribution in [0.15, 0.2) is 78.4 Å². The first-order chi connectivity index (χ1) is 17.8. The van der Waals surface area contributed by atoms with Crippen LogP contribution in [0, 0.1) is 10.1 Å². The second kappa shape index (κ2) is 10.3. The van der Waals surface area contributed by atoms with Crippen LogP contribution in [0.25, 0.3) is 5.76 Å². The van der Waals surface area contributed by atoms with E-state index in [-0.39, 0.29) is 29.0 Å². The van der Waals surface area contributed by atoms with Gasteiger partial charge < -0.3 is 14.6 Å². The molecule has 0 bridgehead atoms. The number of nitro groups is 1. The Morgan fingerprint density at radius 2 is 1.57 bits per heavy atom. The minimum atomic E-state index is -1.02. The van der Waals surface area contributed by atoms with Crippen LogP contribution < -0.4 is 9.64 Å². The van der Waals surface area contributed by atoms with Gasteiger partial charge in [0.1, 0.15) is 11.5 Å². The summed E-state index contributed by atoms with van der Waals surface area (Å²) >= 11 is 0.